The second kappa shape index (κ2) is 4.74. The molecule has 0 aromatic heterocycles. The Hall–Kier alpha value is -0.380. The normalized spacial score (nSPS) is 20.1. The number of hydrogen-bond acceptors (Lipinski definition) is 4. The highest BCUT2D eigenvalue weighted by Gasteiger charge is 2.29. The topological polar surface area (TPSA) is 89.6 Å². The van der Waals surface area contributed by atoms with Crippen molar-refractivity contribution in [2.24, 2.45) is 11.7 Å². The molecule has 3 atom stereocenters. The molecule has 0 spiro atoms. The third-order valence-electron chi connectivity index (χ3n) is 1.78. The fraction of sp³-hybridized carbons (Fsp3) is 0.857. The van der Waals surface area contributed by atoms with Crippen LogP contribution in [0.15, 0.2) is 0 Å². The van der Waals surface area contributed by atoms with E-state index in [0.717, 1.165) is 0 Å². The van der Waals surface area contributed by atoms with Crippen molar-refractivity contribution in [2.75, 3.05) is 13.3 Å². The van der Waals surface area contributed by atoms with Gasteiger partial charge in [-0.2, -0.15) is 0 Å². The SMILES string of the molecule is COC(=O)C(C)CP(=O)(O)C(C)N. The number of carbonyl (C=O) groups excluding carboxylic acids is 1. The summed E-state index contributed by atoms with van der Waals surface area (Å²) < 4.78 is 15.8. The van der Waals surface area contributed by atoms with E-state index < -0.39 is 25.0 Å². The van der Waals surface area contributed by atoms with Crippen LogP contribution in [0.4, 0.5) is 0 Å². The number of rotatable bonds is 4. The summed E-state index contributed by atoms with van der Waals surface area (Å²) in [6.07, 6.45) is -0.128. The van der Waals surface area contributed by atoms with Crippen LogP contribution in [-0.2, 0) is 14.1 Å². The average molecular weight is 209 g/mol. The van der Waals surface area contributed by atoms with E-state index in [9.17, 15) is 14.3 Å². The van der Waals surface area contributed by atoms with Crippen molar-refractivity contribution in [3.05, 3.63) is 0 Å². The van der Waals surface area contributed by atoms with Crippen LogP contribution in [-0.4, -0.2) is 29.9 Å². The fourth-order valence-corrected chi connectivity index (χ4v) is 2.10. The zero-order valence-corrected chi connectivity index (χ0v) is 8.95. The standard InChI is InChI=1S/C7H16NO4P/c1-5(7(9)12-3)4-13(10,11)6(2)8/h5-6H,4,8H2,1-3H3,(H,10,11). The number of esters is 1. The molecule has 78 valence electrons. The molecule has 3 unspecified atom stereocenters. The molecule has 0 bridgehead atoms. The first-order valence-electron chi connectivity index (χ1n) is 3.96. The lowest BCUT2D eigenvalue weighted by Crippen LogP contribution is -2.23. The maximum absolute atomic E-state index is 11.4. The zero-order valence-electron chi connectivity index (χ0n) is 8.06. The zero-order chi connectivity index (χ0) is 10.6. The summed E-state index contributed by atoms with van der Waals surface area (Å²) in [6.45, 7) is 2.99. The van der Waals surface area contributed by atoms with Crippen molar-refractivity contribution in [2.45, 2.75) is 19.6 Å². The lowest BCUT2D eigenvalue weighted by molar-refractivity contribution is -0.144. The van der Waals surface area contributed by atoms with Crippen LogP contribution in [0.3, 0.4) is 0 Å². The van der Waals surface area contributed by atoms with Gasteiger partial charge in [-0.1, -0.05) is 6.92 Å². The molecule has 6 heteroatoms. The molecule has 0 aliphatic carbocycles. The van der Waals surface area contributed by atoms with Gasteiger partial charge in [-0.15, -0.1) is 0 Å². The van der Waals surface area contributed by atoms with Crippen LogP contribution < -0.4 is 5.73 Å². The van der Waals surface area contributed by atoms with E-state index in [2.05, 4.69) is 4.74 Å². The molecule has 0 saturated heterocycles. The number of methoxy groups -OCH3 is 1. The Labute approximate surface area is 77.7 Å². The molecule has 0 radical (unpaired) electrons. The van der Waals surface area contributed by atoms with Gasteiger partial charge in [0.15, 0.2) is 0 Å². The van der Waals surface area contributed by atoms with Gasteiger partial charge in [0.05, 0.1) is 18.8 Å². The van der Waals surface area contributed by atoms with Crippen molar-refractivity contribution in [3.8, 4) is 0 Å². The molecule has 0 aliphatic heterocycles. The highest BCUT2D eigenvalue weighted by molar-refractivity contribution is 7.58. The molecule has 0 heterocycles. The molecule has 3 N–H and O–H groups in total. The van der Waals surface area contributed by atoms with Gasteiger partial charge in [0.2, 0.25) is 7.37 Å². The van der Waals surface area contributed by atoms with Crippen LogP contribution >= 0.6 is 7.37 Å². The lowest BCUT2D eigenvalue weighted by atomic mass is 10.2. The molecule has 5 nitrogen and oxygen atoms in total. The summed E-state index contributed by atoms with van der Waals surface area (Å²) in [5.41, 5.74) is 5.29. The van der Waals surface area contributed by atoms with Gasteiger partial charge in [-0.3, -0.25) is 9.36 Å². The largest absolute Gasteiger partial charge is 0.469 e. The molecule has 0 aromatic carbocycles. The van der Waals surface area contributed by atoms with Crippen molar-refractivity contribution in [1.29, 1.82) is 0 Å². The monoisotopic (exact) mass is 209 g/mol. The van der Waals surface area contributed by atoms with E-state index >= 15 is 0 Å². The Morgan fingerprint density at radius 3 is 2.38 bits per heavy atom. The highest BCUT2D eigenvalue weighted by atomic mass is 31.2. The summed E-state index contributed by atoms with van der Waals surface area (Å²) in [4.78, 5) is 20.2. The van der Waals surface area contributed by atoms with Crippen LogP contribution in [0, 0.1) is 5.92 Å². The molecule has 0 rings (SSSR count). The van der Waals surface area contributed by atoms with E-state index in [4.69, 9.17) is 5.73 Å². The Morgan fingerprint density at radius 1 is 1.62 bits per heavy atom. The van der Waals surface area contributed by atoms with E-state index in [-0.39, 0.29) is 6.16 Å². The summed E-state index contributed by atoms with van der Waals surface area (Å²) in [5.74, 6) is -1.89. The maximum Gasteiger partial charge on any atom is 0.308 e. The number of ether oxygens (including phenoxy) is 1. The lowest BCUT2D eigenvalue weighted by Gasteiger charge is -2.17. The number of carbonyl (C=O) groups is 1. The Balaban J connectivity index is 4.28. The first kappa shape index (κ1) is 12.6. The van der Waals surface area contributed by atoms with Crippen LogP contribution in [0.1, 0.15) is 13.8 Å². The third kappa shape index (κ3) is 3.89. The molecule has 0 aromatic rings. The predicted molar refractivity (Wildman–Crippen MR) is 49.5 cm³/mol. The predicted octanol–water partition coefficient (Wildman–Crippen LogP) is 0.371. The molecule has 0 aliphatic rings. The Kier molecular flexibility index (Phi) is 4.61. The smallest absolute Gasteiger partial charge is 0.308 e. The fourth-order valence-electron chi connectivity index (χ4n) is 0.834. The van der Waals surface area contributed by atoms with E-state index in [0.29, 0.717) is 0 Å². The minimum Gasteiger partial charge on any atom is -0.469 e. The van der Waals surface area contributed by atoms with Gasteiger partial charge in [0.1, 0.15) is 0 Å². The van der Waals surface area contributed by atoms with Crippen LogP contribution in [0.2, 0.25) is 0 Å². The minimum atomic E-state index is -3.41. The molecular formula is C7H16NO4P. The van der Waals surface area contributed by atoms with Crippen molar-refractivity contribution in [1.82, 2.24) is 0 Å². The Bertz CT molecular complexity index is 229. The van der Waals surface area contributed by atoms with E-state index in [1.807, 2.05) is 0 Å². The maximum atomic E-state index is 11.4. The second-order valence-corrected chi connectivity index (χ2v) is 5.79. The quantitative estimate of drug-likeness (QED) is 0.515. The van der Waals surface area contributed by atoms with Crippen molar-refractivity contribution < 1.29 is 19.0 Å². The van der Waals surface area contributed by atoms with Gasteiger partial charge in [-0.05, 0) is 6.92 Å². The molecule has 13 heavy (non-hydrogen) atoms. The average Bonchev–Trinajstić information content (AvgIpc) is 2.01. The van der Waals surface area contributed by atoms with Gasteiger partial charge in [-0.25, -0.2) is 0 Å². The van der Waals surface area contributed by atoms with E-state index in [1.54, 1.807) is 0 Å². The van der Waals surface area contributed by atoms with Gasteiger partial charge in [0.25, 0.3) is 0 Å². The Morgan fingerprint density at radius 2 is 2.08 bits per heavy atom. The van der Waals surface area contributed by atoms with Gasteiger partial charge < -0.3 is 15.4 Å². The third-order valence-corrected chi connectivity index (χ3v) is 4.12. The first-order valence-corrected chi connectivity index (χ1v) is 5.87. The molecule has 0 amide bonds. The molecular weight excluding hydrogens is 193 g/mol. The number of nitrogens with two attached hydrogens (primary N) is 1. The minimum absolute atomic E-state index is 0.128. The highest BCUT2D eigenvalue weighted by Crippen LogP contribution is 2.45. The molecule has 0 fully saturated rings. The van der Waals surface area contributed by atoms with Gasteiger partial charge in [0, 0.05) is 6.16 Å². The van der Waals surface area contributed by atoms with Crippen LogP contribution in [0.25, 0.3) is 0 Å². The summed E-state index contributed by atoms with van der Waals surface area (Å²) in [6, 6.07) is 0. The van der Waals surface area contributed by atoms with Crippen molar-refractivity contribution >= 4 is 13.3 Å². The molecule has 0 saturated carbocycles. The summed E-state index contributed by atoms with van der Waals surface area (Å²) in [7, 11) is -2.17. The summed E-state index contributed by atoms with van der Waals surface area (Å²) >= 11 is 0. The second-order valence-electron chi connectivity index (χ2n) is 3.10. The van der Waals surface area contributed by atoms with E-state index in [1.165, 1.54) is 21.0 Å². The van der Waals surface area contributed by atoms with Crippen LogP contribution in [0.5, 0.6) is 0 Å². The first-order chi connectivity index (χ1) is 5.81. The summed E-state index contributed by atoms with van der Waals surface area (Å²) in [5, 5.41) is 0. The van der Waals surface area contributed by atoms with Crippen molar-refractivity contribution in [3.63, 3.8) is 0 Å². The number of hydrogen-bond donors (Lipinski definition) is 2. The van der Waals surface area contributed by atoms with Gasteiger partial charge >= 0.3 is 5.97 Å².